The first-order valence-corrected chi connectivity index (χ1v) is 9.43. The number of rotatable bonds is 3. The predicted octanol–water partition coefficient (Wildman–Crippen LogP) is 2.72. The molecule has 0 aliphatic carbocycles. The van der Waals surface area contributed by atoms with Gasteiger partial charge in [-0.25, -0.2) is 17.7 Å². The van der Waals surface area contributed by atoms with Crippen molar-refractivity contribution in [3.8, 4) is 0 Å². The van der Waals surface area contributed by atoms with Crippen molar-refractivity contribution in [1.29, 1.82) is 0 Å². The van der Waals surface area contributed by atoms with Crippen molar-refractivity contribution in [2.24, 2.45) is 0 Å². The lowest BCUT2D eigenvalue weighted by Crippen LogP contribution is -2.44. The average molecular weight is 340 g/mol. The van der Waals surface area contributed by atoms with E-state index >= 15 is 0 Å². The summed E-state index contributed by atoms with van der Waals surface area (Å²) in [6.45, 7) is 1.04. The van der Waals surface area contributed by atoms with E-state index in [1.807, 2.05) is 30.3 Å². The number of halogens is 1. The van der Waals surface area contributed by atoms with Gasteiger partial charge in [0.1, 0.15) is 11.0 Å². The number of sulfonamides is 1. The number of fused-ring (bicyclic) bond motifs is 1. The maximum Gasteiger partial charge on any atom is 0.211 e. The van der Waals surface area contributed by atoms with Crippen molar-refractivity contribution in [2.45, 2.75) is 18.9 Å². The summed E-state index contributed by atoms with van der Waals surface area (Å²) in [5, 5.41) is 5.80. The molecule has 1 N–H and O–H groups in total. The zero-order valence-corrected chi connectivity index (χ0v) is 13.9. The van der Waals surface area contributed by atoms with Gasteiger partial charge in [-0.15, -0.1) is 0 Å². The Labute approximate surface area is 135 Å². The van der Waals surface area contributed by atoms with Crippen molar-refractivity contribution < 1.29 is 8.42 Å². The van der Waals surface area contributed by atoms with Gasteiger partial charge in [-0.05, 0) is 24.3 Å². The van der Waals surface area contributed by atoms with Crippen LogP contribution in [0.1, 0.15) is 12.8 Å². The summed E-state index contributed by atoms with van der Waals surface area (Å²) in [5.41, 5.74) is 0. The molecule has 1 aromatic heterocycles. The Morgan fingerprint density at radius 3 is 2.91 bits per heavy atom. The molecule has 1 unspecified atom stereocenters. The molecule has 0 radical (unpaired) electrons. The predicted molar refractivity (Wildman–Crippen MR) is 89.8 cm³/mol. The minimum absolute atomic E-state index is 0.0397. The topological polar surface area (TPSA) is 62.3 Å². The maximum atomic E-state index is 11.7. The maximum absolute atomic E-state index is 11.7. The number of aromatic nitrogens is 1. The number of pyridine rings is 1. The summed E-state index contributed by atoms with van der Waals surface area (Å²) in [4.78, 5) is 4.37. The van der Waals surface area contributed by atoms with Crippen LogP contribution in [0.15, 0.2) is 30.3 Å². The molecule has 2 aromatic rings. The van der Waals surface area contributed by atoms with Crippen molar-refractivity contribution in [3.63, 3.8) is 0 Å². The minimum Gasteiger partial charge on any atom is -0.365 e. The molecular weight excluding hydrogens is 322 g/mol. The number of hydrogen-bond acceptors (Lipinski definition) is 4. The molecule has 1 aliphatic heterocycles. The third-order valence-electron chi connectivity index (χ3n) is 3.90. The van der Waals surface area contributed by atoms with Crippen molar-refractivity contribution in [2.75, 3.05) is 24.7 Å². The molecule has 3 rings (SSSR count). The van der Waals surface area contributed by atoms with Gasteiger partial charge in [-0.1, -0.05) is 35.9 Å². The fourth-order valence-electron chi connectivity index (χ4n) is 2.83. The van der Waals surface area contributed by atoms with E-state index in [9.17, 15) is 8.42 Å². The van der Waals surface area contributed by atoms with E-state index in [0.717, 1.165) is 23.6 Å². The number of nitrogens with one attached hydrogen (secondary N) is 1. The van der Waals surface area contributed by atoms with Crippen LogP contribution in [0.25, 0.3) is 10.8 Å². The summed E-state index contributed by atoms with van der Waals surface area (Å²) in [5.74, 6) is 0.712. The molecule has 1 fully saturated rings. The molecule has 0 amide bonds. The SMILES string of the molecule is CS(=O)(=O)N1CCCC(Nc2nc(Cl)cc3ccccc23)C1. The second-order valence-electron chi connectivity index (χ2n) is 5.62. The molecule has 2 heterocycles. The molecule has 7 heteroatoms. The molecule has 118 valence electrons. The van der Waals surface area contributed by atoms with Crippen LogP contribution in [0.3, 0.4) is 0 Å². The second-order valence-corrected chi connectivity index (χ2v) is 7.99. The summed E-state index contributed by atoms with van der Waals surface area (Å²) in [7, 11) is -3.15. The summed E-state index contributed by atoms with van der Waals surface area (Å²) in [6, 6.07) is 9.74. The minimum atomic E-state index is -3.15. The van der Waals surface area contributed by atoms with Crippen LogP contribution in [-0.2, 0) is 10.0 Å². The number of nitrogens with zero attached hydrogens (tertiary/aromatic N) is 2. The van der Waals surface area contributed by atoms with Gasteiger partial charge >= 0.3 is 0 Å². The molecule has 1 saturated heterocycles. The molecule has 0 bridgehead atoms. The van der Waals surface area contributed by atoms with Crippen LogP contribution in [0.5, 0.6) is 0 Å². The lowest BCUT2D eigenvalue weighted by molar-refractivity contribution is 0.329. The molecule has 22 heavy (non-hydrogen) atoms. The quantitative estimate of drug-likeness (QED) is 0.873. The first kappa shape index (κ1) is 15.5. The molecule has 0 spiro atoms. The summed E-state index contributed by atoms with van der Waals surface area (Å²) >= 11 is 6.09. The smallest absolute Gasteiger partial charge is 0.211 e. The number of benzene rings is 1. The van der Waals surface area contributed by atoms with Gasteiger partial charge in [0.2, 0.25) is 10.0 Å². The molecule has 1 atom stereocenters. The van der Waals surface area contributed by atoms with Crippen LogP contribution in [0.4, 0.5) is 5.82 Å². The Bertz CT molecular complexity index is 794. The molecule has 5 nitrogen and oxygen atoms in total. The van der Waals surface area contributed by atoms with Crippen LogP contribution in [-0.4, -0.2) is 43.1 Å². The number of piperidine rings is 1. The second kappa shape index (κ2) is 6.02. The highest BCUT2D eigenvalue weighted by atomic mass is 35.5. The first-order valence-electron chi connectivity index (χ1n) is 7.20. The van der Waals surface area contributed by atoms with Crippen molar-refractivity contribution in [3.05, 3.63) is 35.5 Å². The standard InChI is InChI=1S/C15H18ClN3O2S/c1-22(20,21)19-8-4-6-12(10-19)17-15-13-7-3-2-5-11(13)9-14(16)18-15/h2-3,5,7,9,12H,4,6,8,10H2,1H3,(H,17,18). The summed E-state index contributed by atoms with van der Waals surface area (Å²) in [6.07, 6.45) is 3.00. The van der Waals surface area contributed by atoms with Gasteiger partial charge in [0, 0.05) is 24.5 Å². The third kappa shape index (κ3) is 3.34. The van der Waals surface area contributed by atoms with E-state index in [-0.39, 0.29) is 6.04 Å². The molecule has 1 aliphatic rings. The fraction of sp³-hybridized carbons (Fsp3) is 0.400. The van der Waals surface area contributed by atoms with Gasteiger partial charge in [-0.3, -0.25) is 0 Å². The van der Waals surface area contributed by atoms with Crippen LogP contribution < -0.4 is 5.32 Å². The Morgan fingerprint density at radius 1 is 1.36 bits per heavy atom. The van der Waals surface area contributed by atoms with Crippen LogP contribution in [0, 0.1) is 0 Å². The molecular formula is C15H18ClN3O2S. The third-order valence-corrected chi connectivity index (χ3v) is 5.37. The van der Waals surface area contributed by atoms with Gasteiger partial charge < -0.3 is 5.32 Å². The normalized spacial score (nSPS) is 20.2. The Morgan fingerprint density at radius 2 is 2.14 bits per heavy atom. The van der Waals surface area contributed by atoms with E-state index in [2.05, 4.69) is 10.3 Å². The van der Waals surface area contributed by atoms with Crippen LogP contribution >= 0.6 is 11.6 Å². The zero-order chi connectivity index (χ0) is 15.7. The first-order chi connectivity index (χ1) is 10.4. The average Bonchev–Trinajstić information content (AvgIpc) is 2.46. The number of anilines is 1. The highest BCUT2D eigenvalue weighted by Gasteiger charge is 2.26. The van der Waals surface area contributed by atoms with Gasteiger partial charge in [0.05, 0.1) is 6.26 Å². The Hall–Kier alpha value is -1.37. The Kier molecular flexibility index (Phi) is 4.25. The zero-order valence-electron chi connectivity index (χ0n) is 12.3. The van der Waals surface area contributed by atoms with E-state index < -0.39 is 10.0 Å². The monoisotopic (exact) mass is 339 g/mol. The largest absolute Gasteiger partial charge is 0.365 e. The lowest BCUT2D eigenvalue weighted by atomic mass is 10.1. The highest BCUT2D eigenvalue weighted by molar-refractivity contribution is 7.88. The number of hydrogen-bond donors (Lipinski definition) is 1. The van der Waals surface area contributed by atoms with E-state index in [0.29, 0.717) is 24.1 Å². The summed E-state index contributed by atoms with van der Waals surface area (Å²) < 4.78 is 24.9. The van der Waals surface area contributed by atoms with Crippen molar-refractivity contribution in [1.82, 2.24) is 9.29 Å². The van der Waals surface area contributed by atoms with Gasteiger partial charge in [0.15, 0.2) is 0 Å². The molecule has 0 saturated carbocycles. The van der Waals surface area contributed by atoms with E-state index in [1.165, 1.54) is 10.6 Å². The fourth-order valence-corrected chi connectivity index (χ4v) is 3.94. The lowest BCUT2D eigenvalue weighted by Gasteiger charge is -2.31. The van der Waals surface area contributed by atoms with E-state index in [1.54, 1.807) is 0 Å². The van der Waals surface area contributed by atoms with Gasteiger partial charge in [-0.2, -0.15) is 0 Å². The van der Waals surface area contributed by atoms with E-state index in [4.69, 9.17) is 11.6 Å². The molecule has 1 aromatic carbocycles. The van der Waals surface area contributed by atoms with Crippen LogP contribution in [0.2, 0.25) is 5.15 Å². The van der Waals surface area contributed by atoms with Gasteiger partial charge in [0.25, 0.3) is 0 Å². The Balaban J connectivity index is 1.87. The van der Waals surface area contributed by atoms with Crippen molar-refractivity contribution >= 4 is 38.2 Å². The highest BCUT2D eigenvalue weighted by Crippen LogP contribution is 2.26.